The van der Waals surface area contributed by atoms with Crippen LogP contribution in [-0.2, 0) is 10.0 Å². The second-order valence-corrected chi connectivity index (χ2v) is 11.6. The summed E-state index contributed by atoms with van der Waals surface area (Å²) in [6.45, 7) is 4.00. The maximum atomic E-state index is 13.4. The molecule has 3 amide bonds. The highest BCUT2D eigenvalue weighted by Gasteiger charge is 2.35. The lowest BCUT2D eigenvalue weighted by Crippen LogP contribution is -2.52. The van der Waals surface area contributed by atoms with Crippen LogP contribution in [0.15, 0.2) is 18.2 Å². The van der Waals surface area contributed by atoms with E-state index in [2.05, 4.69) is 10.0 Å². The number of ether oxygens (including phenoxy) is 1. The van der Waals surface area contributed by atoms with E-state index in [-0.39, 0.29) is 54.1 Å². The number of amides is 3. The molecule has 2 aliphatic rings. The number of fused-ring (bicyclic) bond motifs is 1. The number of para-hydroxylation sites is 1. The minimum atomic E-state index is -3.64. The Morgan fingerprint density at radius 3 is 2.60 bits per heavy atom. The molecule has 1 aliphatic heterocycles. The Labute approximate surface area is 208 Å². The van der Waals surface area contributed by atoms with Crippen LogP contribution in [0.1, 0.15) is 56.3 Å². The molecule has 196 valence electrons. The molecule has 1 saturated carbocycles. The summed E-state index contributed by atoms with van der Waals surface area (Å²) < 4.78 is 32.7. The van der Waals surface area contributed by atoms with E-state index in [0.29, 0.717) is 6.54 Å². The number of rotatable bonds is 7. The standard InChI is InChI=1S/C24H38N4O6S/c1-16-13-28(17(2)15-29)23(30)19-11-8-12-20(26-35(4,32)33)22(19)34-21(16)14-27(3)24(31)25-18-9-6-5-7-10-18/h8,11-12,16-18,21,26,29H,5-7,9-10,13-15H2,1-4H3,(H,25,31)/t16-,17+,21-/m1/s1. The van der Waals surface area contributed by atoms with Gasteiger partial charge in [-0.15, -0.1) is 0 Å². The summed E-state index contributed by atoms with van der Waals surface area (Å²) >= 11 is 0. The van der Waals surface area contributed by atoms with Crippen LogP contribution in [0, 0.1) is 5.92 Å². The molecule has 0 radical (unpaired) electrons. The minimum absolute atomic E-state index is 0.121. The van der Waals surface area contributed by atoms with Gasteiger partial charge in [0.25, 0.3) is 5.91 Å². The topological polar surface area (TPSA) is 128 Å². The summed E-state index contributed by atoms with van der Waals surface area (Å²) in [6, 6.07) is 4.23. The van der Waals surface area contributed by atoms with Gasteiger partial charge in [-0.3, -0.25) is 9.52 Å². The van der Waals surface area contributed by atoms with Crippen LogP contribution < -0.4 is 14.8 Å². The molecule has 11 heteroatoms. The number of benzene rings is 1. The number of likely N-dealkylation sites (N-methyl/N-ethyl adjacent to an activating group) is 1. The van der Waals surface area contributed by atoms with Crippen LogP contribution in [-0.4, -0.2) is 86.4 Å². The van der Waals surface area contributed by atoms with Crippen molar-refractivity contribution in [2.24, 2.45) is 5.92 Å². The maximum absolute atomic E-state index is 13.4. The van der Waals surface area contributed by atoms with Gasteiger partial charge in [0, 0.05) is 25.6 Å². The predicted octanol–water partition coefficient (Wildman–Crippen LogP) is 2.25. The van der Waals surface area contributed by atoms with Crippen molar-refractivity contribution in [3.8, 4) is 5.75 Å². The van der Waals surface area contributed by atoms with Crippen LogP contribution in [0.4, 0.5) is 10.5 Å². The fourth-order valence-electron chi connectivity index (χ4n) is 4.63. The third-order valence-electron chi connectivity index (χ3n) is 6.72. The summed E-state index contributed by atoms with van der Waals surface area (Å²) in [5, 5.41) is 12.9. The molecule has 1 aromatic carbocycles. The van der Waals surface area contributed by atoms with Crippen LogP contribution in [0.25, 0.3) is 0 Å². The molecule has 1 heterocycles. The van der Waals surface area contributed by atoms with Crippen molar-refractivity contribution < 1.29 is 27.9 Å². The average Bonchev–Trinajstić information content (AvgIpc) is 2.80. The number of anilines is 1. The van der Waals surface area contributed by atoms with Crippen molar-refractivity contribution in [3.05, 3.63) is 23.8 Å². The Morgan fingerprint density at radius 2 is 1.97 bits per heavy atom. The highest BCUT2D eigenvalue weighted by atomic mass is 32.2. The molecule has 1 aliphatic carbocycles. The highest BCUT2D eigenvalue weighted by Crippen LogP contribution is 2.35. The number of nitrogens with one attached hydrogen (secondary N) is 2. The number of sulfonamides is 1. The Bertz CT molecular complexity index is 1010. The predicted molar refractivity (Wildman–Crippen MR) is 134 cm³/mol. The Balaban J connectivity index is 1.91. The molecule has 0 unspecified atom stereocenters. The first-order valence-electron chi connectivity index (χ1n) is 12.2. The molecule has 1 fully saturated rings. The number of carbonyl (C=O) groups excluding carboxylic acids is 2. The van der Waals surface area contributed by atoms with Gasteiger partial charge in [-0.25, -0.2) is 13.2 Å². The Kier molecular flexibility index (Phi) is 8.87. The summed E-state index contributed by atoms with van der Waals surface area (Å²) in [4.78, 5) is 29.4. The Hall–Kier alpha value is -2.53. The monoisotopic (exact) mass is 510 g/mol. The quantitative estimate of drug-likeness (QED) is 0.516. The number of nitrogens with zero attached hydrogens (tertiary/aromatic N) is 2. The molecule has 3 atom stereocenters. The number of carbonyl (C=O) groups is 2. The van der Waals surface area contributed by atoms with Gasteiger partial charge < -0.3 is 25.0 Å². The van der Waals surface area contributed by atoms with Crippen molar-refractivity contribution in [1.29, 1.82) is 0 Å². The lowest BCUT2D eigenvalue weighted by Gasteiger charge is -2.38. The zero-order valence-corrected chi connectivity index (χ0v) is 21.8. The number of urea groups is 1. The number of aliphatic hydroxyl groups excluding tert-OH is 1. The molecule has 0 saturated heterocycles. The van der Waals surface area contributed by atoms with E-state index in [4.69, 9.17) is 4.74 Å². The summed E-state index contributed by atoms with van der Waals surface area (Å²) in [5.74, 6) is -0.444. The maximum Gasteiger partial charge on any atom is 0.317 e. The van der Waals surface area contributed by atoms with E-state index in [1.807, 2.05) is 6.92 Å². The summed E-state index contributed by atoms with van der Waals surface area (Å²) in [7, 11) is -1.93. The van der Waals surface area contributed by atoms with Crippen LogP contribution in [0.2, 0.25) is 0 Å². The first-order chi connectivity index (χ1) is 16.5. The molecule has 3 rings (SSSR count). The molecule has 10 nitrogen and oxygen atoms in total. The Morgan fingerprint density at radius 1 is 1.29 bits per heavy atom. The van der Waals surface area contributed by atoms with Crippen molar-refractivity contribution in [2.75, 3.05) is 37.7 Å². The first kappa shape index (κ1) is 27.1. The summed E-state index contributed by atoms with van der Waals surface area (Å²) in [6.07, 6.45) is 5.86. The van der Waals surface area contributed by atoms with Crippen molar-refractivity contribution in [2.45, 2.75) is 64.1 Å². The average molecular weight is 511 g/mol. The number of hydrogen-bond donors (Lipinski definition) is 3. The lowest BCUT2D eigenvalue weighted by molar-refractivity contribution is 0.0368. The molecule has 0 bridgehead atoms. The molecule has 0 aromatic heterocycles. The van der Waals surface area contributed by atoms with E-state index >= 15 is 0 Å². The largest absolute Gasteiger partial charge is 0.485 e. The second kappa shape index (κ2) is 11.5. The number of hydrogen-bond acceptors (Lipinski definition) is 6. The van der Waals surface area contributed by atoms with Crippen LogP contribution in [0.3, 0.4) is 0 Å². The molecule has 0 spiro atoms. The van der Waals surface area contributed by atoms with Gasteiger partial charge >= 0.3 is 6.03 Å². The highest BCUT2D eigenvalue weighted by molar-refractivity contribution is 7.92. The van der Waals surface area contributed by atoms with E-state index in [0.717, 1.165) is 31.9 Å². The van der Waals surface area contributed by atoms with Crippen molar-refractivity contribution >= 4 is 27.6 Å². The van der Waals surface area contributed by atoms with Gasteiger partial charge in [0.1, 0.15) is 6.10 Å². The van der Waals surface area contributed by atoms with Gasteiger partial charge in [0.05, 0.1) is 36.7 Å². The van der Waals surface area contributed by atoms with E-state index in [1.54, 1.807) is 35.9 Å². The summed E-state index contributed by atoms with van der Waals surface area (Å²) in [5.41, 5.74) is 0.355. The fourth-order valence-corrected chi connectivity index (χ4v) is 5.19. The van der Waals surface area contributed by atoms with Gasteiger partial charge in [-0.1, -0.05) is 32.3 Å². The second-order valence-electron chi connectivity index (χ2n) is 9.84. The zero-order valence-electron chi connectivity index (χ0n) is 21.0. The first-order valence-corrected chi connectivity index (χ1v) is 14.1. The van der Waals surface area contributed by atoms with Gasteiger partial charge in [-0.05, 0) is 31.9 Å². The van der Waals surface area contributed by atoms with Crippen LogP contribution in [0.5, 0.6) is 5.75 Å². The van der Waals surface area contributed by atoms with Gasteiger partial charge in [0.15, 0.2) is 5.75 Å². The fraction of sp³-hybridized carbons (Fsp3) is 0.667. The molecule has 3 N–H and O–H groups in total. The SMILES string of the molecule is C[C@@H]1CN([C@@H](C)CO)C(=O)c2cccc(NS(C)(=O)=O)c2O[C@@H]1CN(C)C(=O)NC1CCCCC1. The van der Waals surface area contributed by atoms with E-state index < -0.39 is 22.2 Å². The molecular weight excluding hydrogens is 472 g/mol. The van der Waals surface area contributed by atoms with E-state index in [9.17, 15) is 23.1 Å². The van der Waals surface area contributed by atoms with Crippen molar-refractivity contribution in [1.82, 2.24) is 15.1 Å². The van der Waals surface area contributed by atoms with E-state index in [1.165, 1.54) is 12.5 Å². The minimum Gasteiger partial charge on any atom is -0.485 e. The zero-order chi connectivity index (χ0) is 25.8. The third kappa shape index (κ3) is 7.00. The smallest absolute Gasteiger partial charge is 0.317 e. The third-order valence-corrected chi connectivity index (χ3v) is 7.31. The molecule has 35 heavy (non-hydrogen) atoms. The number of aliphatic hydroxyl groups is 1. The van der Waals surface area contributed by atoms with Gasteiger partial charge in [0.2, 0.25) is 10.0 Å². The van der Waals surface area contributed by atoms with Gasteiger partial charge in [-0.2, -0.15) is 0 Å². The molecule has 1 aromatic rings. The van der Waals surface area contributed by atoms with Crippen LogP contribution >= 0.6 is 0 Å². The molecular formula is C24H38N4O6S. The van der Waals surface area contributed by atoms with Crippen molar-refractivity contribution in [3.63, 3.8) is 0 Å². The lowest BCUT2D eigenvalue weighted by atomic mass is 9.96. The normalized spacial score (nSPS) is 22.3.